The summed E-state index contributed by atoms with van der Waals surface area (Å²) in [6.07, 6.45) is -2.74. The van der Waals surface area contributed by atoms with Gasteiger partial charge < -0.3 is 76.9 Å². The minimum absolute atomic E-state index is 0. The molecular weight excluding hydrogens is 1060 g/mol. The molecule has 1 rings (SSSR count). The first-order valence-electron chi connectivity index (χ1n) is 21.9. The molecule has 0 aromatic heterocycles. The summed E-state index contributed by atoms with van der Waals surface area (Å²) in [5, 5.41) is 86.9. The van der Waals surface area contributed by atoms with Gasteiger partial charge in [0.2, 0.25) is 29.5 Å². The average Bonchev–Trinajstić information content (AvgIpc) is 3.27. The van der Waals surface area contributed by atoms with Crippen LogP contribution in [0.15, 0.2) is 24.3 Å². The van der Waals surface area contributed by atoms with Gasteiger partial charge in [-0.15, -0.1) is 0 Å². The second kappa shape index (κ2) is 36.5. The monoisotopic (exact) mass is 1120 g/mol. The Morgan fingerprint density at radius 1 is 0.548 bits per heavy atom. The summed E-state index contributed by atoms with van der Waals surface area (Å²) in [5.74, 6) is -14.2. The van der Waals surface area contributed by atoms with Gasteiger partial charge in [-0.3, -0.25) is 72.2 Å². The molecule has 5 amide bonds. The van der Waals surface area contributed by atoms with E-state index in [2.05, 4.69) is 26.6 Å². The molecular formula is C42H62N8O22Y. The van der Waals surface area contributed by atoms with E-state index in [1.165, 1.54) is 36.2 Å². The van der Waals surface area contributed by atoms with Gasteiger partial charge in [0.25, 0.3) is 0 Å². The van der Waals surface area contributed by atoms with Gasteiger partial charge in [0.15, 0.2) is 0 Å². The Hall–Kier alpha value is -6.44. The van der Waals surface area contributed by atoms with Gasteiger partial charge in [-0.05, 0) is 30.5 Å². The summed E-state index contributed by atoms with van der Waals surface area (Å²) in [5.41, 5.74) is 0.400. The molecule has 13 N–H and O–H groups in total. The Morgan fingerprint density at radius 3 is 1.53 bits per heavy atom. The van der Waals surface area contributed by atoms with E-state index in [4.69, 9.17) is 14.6 Å². The standard InChI is InChI=1S/C42H62N8O22.Y/c1-43-39(66)27(6-9-33(54)55)46-40(67)28(18-25-2-4-26(51)5-3-25)47-41(68)29(19-34(56)57)45-32(53)24-72-17-16-71-15-10-44-31(52)8-7-30(42(69)70)50(13-11-48(20-35(58)59)21-36(60)61)14-12-49(22-37(62)63)23-38(64)65;/h2-5,27-30,51H,6-24H2,1H3,(H,43,66)(H,44,52)(H,45,53)(H,46,67)(H,47,68)(H,54,55)(H,56,57)(H,58,59)(H,60,61)(H,62,63)(H,64,65)(H,69,70);/t27-,28+,29+,30+;/m1./s1. The van der Waals surface area contributed by atoms with Crippen molar-refractivity contribution in [1.29, 1.82) is 0 Å². The van der Waals surface area contributed by atoms with E-state index >= 15 is 0 Å². The predicted octanol–water partition coefficient (Wildman–Crippen LogP) is -4.90. The molecule has 0 aliphatic rings. The number of carboxylic acid groups (broad SMARTS) is 7. The van der Waals surface area contributed by atoms with Gasteiger partial charge in [0.05, 0.1) is 52.4 Å². The molecule has 0 saturated carbocycles. The van der Waals surface area contributed by atoms with Crippen molar-refractivity contribution >= 4 is 71.3 Å². The Balaban J connectivity index is 0.0000518. The molecule has 73 heavy (non-hydrogen) atoms. The molecule has 0 fully saturated rings. The zero-order valence-electron chi connectivity index (χ0n) is 39.8. The van der Waals surface area contributed by atoms with Crippen molar-refractivity contribution < 1.29 is 141 Å². The SMILES string of the molecule is CNC(=O)[C@@H](CCC(=O)O)NC(=O)[C@H](Cc1ccc(O)cc1)NC(=O)[C@H](CC(=O)O)NC(=O)COCCOCCNC(=O)CC[C@@H](C(=O)O)N(CCN(CC(=O)O)CC(=O)O)CCN(CC(=O)O)CC(=O)O.[Y]. The summed E-state index contributed by atoms with van der Waals surface area (Å²) in [7, 11) is 1.25. The number of phenolic OH excluding ortho intramolecular Hbond substituents is 1. The third-order valence-corrected chi connectivity index (χ3v) is 9.95. The molecule has 30 nitrogen and oxygen atoms in total. The summed E-state index contributed by atoms with van der Waals surface area (Å²) in [6, 6.07) is -0.605. The zero-order chi connectivity index (χ0) is 54.3. The average molecular weight is 1120 g/mol. The number of nitrogens with zero attached hydrogens (tertiary/aromatic N) is 3. The number of nitrogens with one attached hydrogen (secondary N) is 5. The number of carboxylic acids is 7. The number of rotatable bonds is 40. The van der Waals surface area contributed by atoms with Crippen molar-refractivity contribution in [2.24, 2.45) is 0 Å². The van der Waals surface area contributed by atoms with Crippen LogP contribution in [0.4, 0.5) is 0 Å². The first-order valence-corrected chi connectivity index (χ1v) is 21.9. The number of phenols is 1. The van der Waals surface area contributed by atoms with E-state index in [-0.39, 0.29) is 117 Å². The van der Waals surface area contributed by atoms with Crippen LogP contribution in [0.1, 0.15) is 37.7 Å². The largest absolute Gasteiger partial charge is 0.508 e. The normalized spacial score (nSPS) is 12.5. The van der Waals surface area contributed by atoms with Crippen molar-refractivity contribution in [3.8, 4) is 5.75 Å². The topological polar surface area (TPSA) is 455 Å². The van der Waals surface area contributed by atoms with Crippen molar-refractivity contribution in [3.63, 3.8) is 0 Å². The molecule has 1 radical (unpaired) electrons. The maximum atomic E-state index is 13.4. The second-order valence-corrected chi connectivity index (χ2v) is 15.7. The van der Waals surface area contributed by atoms with E-state index in [1.807, 2.05) is 0 Å². The number of aliphatic carboxylic acids is 7. The fourth-order valence-electron chi connectivity index (χ4n) is 6.57. The van der Waals surface area contributed by atoms with Crippen LogP contribution < -0.4 is 26.6 Å². The Morgan fingerprint density at radius 2 is 1.05 bits per heavy atom. The molecule has 0 bridgehead atoms. The molecule has 0 unspecified atom stereocenters. The van der Waals surface area contributed by atoms with Gasteiger partial charge in [-0.1, -0.05) is 12.1 Å². The Bertz CT molecular complexity index is 1960. The van der Waals surface area contributed by atoms with Crippen LogP contribution in [0.3, 0.4) is 0 Å². The number of hydrogen-bond acceptors (Lipinski definition) is 18. The number of hydrogen-bond donors (Lipinski definition) is 13. The summed E-state index contributed by atoms with van der Waals surface area (Å²) in [6.45, 7) is -5.22. The third-order valence-electron chi connectivity index (χ3n) is 9.95. The van der Waals surface area contributed by atoms with Crippen molar-refractivity contribution in [2.45, 2.75) is 62.7 Å². The second-order valence-electron chi connectivity index (χ2n) is 15.7. The Labute approximate surface area is 442 Å². The van der Waals surface area contributed by atoms with Crippen LogP contribution in [0.25, 0.3) is 0 Å². The minimum Gasteiger partial charge on any atom is -0.508 e. The van der Waals surface area contributed by atoms with Crippen LogP contribution in [0.5, 0.6) is 5.75 Å². The fourth-order valence-corrected chi connectivity index (χ4v) is 6.57. The number of aromatic hydroxyl groups is 1. The first kappa shape index (κ1) is 66.6. The molecule has 405 valence electrons. The Kier molecular flexibility index (Phi) is 33.3. The van der Waals surface area contributed by atoms with Crippen LogP contribution in [0, 0.1) is 0 Å². The van der Waals surface area contributed by atoms with Gasteiger partial charge in [0.1, 0.15) is 36.5 Å². The van der Waals surface area contributed by atoms with Gasteiger partial charge >= 0.3 is 41.8 Å². The van der Waals surface area contributed by atoms with Crippen molar-refractivity contribution in [2.75, 3.05) is 92.4 Å². The fraction of sp³-hybridized carbons (Fsp3) is 0.571. The summed E-state index contributed by atoms with van der Waals surface area (Å²) < 4.78 is 10.6. The molecule has 0 saturated heterocycles. The molecule has 31 heteroatoms. The van der Waals surface area contributed by atoms with Crippen LogP contribution >= 0.6 is 0 Å². The van der Waals surface area contributed by atoms with E-state index in [9.17, 15) is 93.3 Å². The van der Waals surface area contributed by atoms with Crippen LogP contribution in [-0.4, -0.2) is 243 Å². The van der Waals surface area contributed by atoms with E-state index in [0.717, 1.165) is 9.80 Å². The van der Waals surface area contributed by atoms with Gasteiger partial charge in [-0.2, -0.15) is 0 Å². The molecule has 0 spiro atoms. The third kappa shape index (κ3) is 30.9. The predicted molar refractivity (Wildman–Crippen MR) is 241 cm³/mol. The van der Waals surface area contributed by atoms with E-state index in [0.29, 0.717) is 5.56 Å². The van der Waals surface area contributed by atoms with Crippen LogP contribution in [-0.2, 0) is 106 Å². The number of ether oxygens (including phenoxy) is 2. The molecule has 0 aliphatic heterocycles. The molecule has 1 aromatic rings. The van der Waals surface area contributed by atoms with E-state index < -0.39 is 141 Å². The van der Waals surface area contributed by atoms with Crippen molar-refractivity contribution in [1.82, 2.24) is 41.3 Å². The number of likely N-dealkylation sites (N-methyl/N-ethyl adjacent to an activating group) is 1. The van der Waals surface area contributed by atoms with Crippen molar-refractivity contribution in [3.05, 3.63) is 29.8 Å². The summed E-state index contributed by atoms with van der Waals surface area (Å²) >= 11 is 0. The molecule has 0 heterocycles. The maximum absolute atomic E-state index is 13.4. The van der Waals surface area contributed by atoms with Gasteiger partial charge in [0, 0.05) is 91.7 Å². The number of carbonyl (C=O) groups excluding carboxylic acids is 5. The minimum atomic E-state index is -1.75. The smallest absolute Gasteiger partial charge is 0.320 e. The maximum Gasteiger partial charge on any atom is 0.320 e. The first-order chi connectivity index (χ1) is 33.9. The number of carbonyl (C=O) groups is 12. The zero-order valence-corrected chi connectivity index (χ0v) is 42.6. The molecule has 0 aliphatic carbocycles. The molecule has 1 aromatic carbocycles. The van der Waals surface area contributed by atoms with E-state index in [1.54, 1.807) is 0 Å². The number of benzene rings is 1. The summed E-state index contributed by atoms with van der Waals surface area (Å²) in [4.78, 5) is 148. The van der Waals surface area contributed by atoms with Gasteiger partial charge in [-0.25, -0.2) is 0 Å². The quantitative estimate of drug-likeness (QED) is 0.0274. The van der Waals surface area contributed by atoms with Crippen LogP contribution in [0.2, 0.25) is 0 Å². The number of amides is 5. The molecule has 4 atom stereocenters.